The van der Waals surface area contributed by atoms with E-state index in [0.29, 0.717) is 11.3 Å². The summed E-state index contributed by atoms with van der Waals surface area (Å²) in [5.41, 5.74) is 5.61. The van der Waals surface area contributed by atoms with Crippen molar-refractivity contribution in [1.29, 1.82) is 0 Å². The third kappa shape index (κ3) is 2.34. The van der Waals surface area contributed by atoms with Crippen LogP contribution in [0.4, 0.5) is 0 Å². The van der Waals surface area contributed by atoms with Crippen molar-refractivity contribution >= 4 is 44.4 Å². The van der Waals surface area contributed by atoms with Gasteiger partial charge in [0.15, 0.2) is 0 Å². The van der Waals surface area contributed by atoms with Crippen LogP contribution >= 0.6 is 38.5 Å². The summed E-state index contributed by atoms with van der Waals surface area (Å²) in [6.07, 6.45) is 0. The van der Waals surface area contributed by atoms with Crippen molar-refractivity contribution in [2.75, 3.05) is 7.11 Å². The maximum Gasteiger partial charge on any atom is 0.248 e. The number of nitrogens with two attached hydrogens (primary N) is 1. The first-order valence-electron chi connectivity index (χ1n) is 3.39. The Kier molecular flexibility index (Phi) is 3.55. The highest BCUT2D eigenvalue weighted by Gasteiger charge is 2.09. The lowest BCUT2D eigenvalue weighted by Crippen LogP contribution is -2.11. The maximum atomic E-state index is 10.9. The van der Waals surface area contributed by atoms with Crippen molar-refractivity contribution in [3.05, 3.63) is 25.7 Å². The van der Waals surface area contributed by atoms with Gasteiger partial charge in [0.1, 0.15) is 5.75 Å². The van der Waals surface area contributed by atoms with Crippen LogP contribution in [-0.4, -0.2) is 13.0 Å². The standard InChI is InChI=1S/C8H7BrINO2/c1-13-7-5(9)2-4(8(11)12)3-6(7)10/h2-3H,1H3,(H2,11,12). The van der Waals surface area contributed by atoms with Crippen molar-refractivity contribution in [2.24, 2.45) is 5.73 Å². The normalized spacial score (nSPS) is 9.77. The van der Waals surface area contributed by atoms with Gasteiger partial charge in [0.2, 0.25) is 5.91 Å². The number of primary amides is 1. The molecule has 2 N–H and O–H groups in total. The second kappa shape index (κ2) is 4.28. The largest absolute Gasteiger partial charge is 0.494 e. The Morgan fingerprint density at radius 1 is 1.62 bits per heavy atom. The molecule has 5 heteroatoms. The average Bonchev–Trinajstić information content (AvgIpc) is 2.03. The third-order valence-corrected chi connectivity index (χ3v) is 2.88. The van der Waals surface area contributed by atoms with E-state index in [1.165, 1.54) is 0 Å². The molecule has 70 valence electrons. The van der Waals surface area contributed by atoms with E-state index in [-0.39, 0.29) is 0 Å². The number of rotatable bonds is 2. The SMILES string of the molecule is COc1c(Br)cc(C(N)=O)cc1I. The highest BCUT2D eigenvalue weighted by Crippen LogP contribution is 2.31. The lowest BCUT2D eigenvalue weighted by atomic mass is 10.2. The van der Waals surface area contributed by atoms with Crippen LogP contribution in [0.2, 0.25) is 0 Å². The zero-order valence-corrected chi connectivity index (χ0v) is 10.5. The molecule has 0 bridgehead atoms. The first kappa shape index (κ1) is 10.8. The first-order chi connectivity index (χ1) is 6.06. The number of benzene rings is 1. The fourth-order valence-corrected chi connectivity index (χ4v) is 2.74. The van der Waals surface area contributed by atoms with Gasteiger partial charge in [-0.15, -0.1) is 0 Å². The van der Waals surface area contributed by atoms with Gasteiger partial charge in [-0.1, -0.05) is 0 Å². The zero-order valence-electron chi connectivity index (χ0n) is 6.80. The summed E-state index contributed by atoms with van der Waals surface area (Å²) in [5, 5.41) is 0. The third-order valence-electron chi connectivity index (χ3n) is 1.49. The van der Waals surface area contributed by atoms with Crippen LogP contribution in [0.3, 0.4) is 0 Å². The van der Waals surface area contributed by atoms with Crippen LogP contribution in [0.5, 0.6) is 5.75 Å². The molecule has 0 unspecified atom stereocenters. The molecule has 0 heterocycles. The molecule has 0 aliphatic rings. The van der Waals surface area contributed by atoms with Gasteiger partial charge in [0, 0.05) is 5.56 Å². The predicted octanol–water partition coefficient (Wildman–Crippen LogP) is 2.16. The molecule has 3 nitrogen and oxygen atoms in total. The summed E-state index contributed by atoms with van der Waals surface area (Å²) >= 11 is 5.37. The second-order valence-corrected chi connectivity index (χ2v) is 4.35. The average molecular weight is 356 g/mol. The minimum absolute atomic E-state index is 0.443. The number of amides is 1. The molecule has 0 spiro atoms. The first-order valence-corrected chi connectivity index (χ1v) is 5.26. The highest BCUT2D eigenvalue weighted by molar-refractivity contribution is 14.1. The molecule has 0 aromatic heterocycles. The molecule has 1 aromatic rings. The quantitative estimate of drug-likeness (QED) is 0.826. The van der Waals surface area contributed by atoms with Crippen LogP contribution in [-0.2, 0) is 0 Å². The fourth-order valence-electron chi connectivity index (χ4n) is 0.897. The van der Waals surface area contributed by atoms with E-state index in [1.807, 2.05) is 0 Å². The van der Waals surface area contributed by atoms with Gasteiger partial charge in [-0.05, 0) is 50.7 Å². The summed E-state index contributed by atoms with van der Waals surface area (Å²) in [6, 6.07) is 3.33. The summed E-state index contributed by atoms with van der Waals surface area (Å²) in [5.74, 6) is 0.270. The van der Waals surface area contributed by atoms with E-state index in [0.717, 1.165) is 8.04 Å². The van der Waals surface area contributed by atoms with Crippen molar-refractivity contribution in [2.45, 2.75) is 0 Å². The molecule has 0 fully saturated rings. The molecule has 0 aliphatic carbocycles. The van der Waals surface area contributed by atoms with Gasteiger partial charge < -0.3 is 10.5 Å². The molecule has 0 saturated carbocycles. The Bertz CT molecular complexity index is 331. The van der Waals surface area contributed by atoms with Gasteiger partial charge in [0.25, 0.3) is 0 Å². The van der Waals surface area contributed by atoms with Crippen LogP contribution in [0.1, 0.15) is 10.4 Å². The molecular weight excluding hydrogens is 349 g/mol. The second-order valence-electron chi connectivity index (χ2n) is 2.34. The molecule has 1 amide bonds. The maximum absolute atomic E-state index is 10.9. The number of hydrogen-bond acceptors (Lipinski definition) is 2. The molecule has 1 aromatic carbocycles. The van der Waals surface area contributed by atoms with Gasteiger partial charge in [-0.25, -0.2) is 0 Å². The van der Waals surface area contributed by atoms with Crippen molar-refractivity contribution in [3.63, 3.8) is 0 Å². The van der Waals surface area contributed by atoms with E-state index in [4.69, 9.17) is 10.5 Å². The Balaban J connectivity index is 3.28. The molecule has 0 atom stereocenters. The summed E-state index contributed by atoms with van der Waals surface area (Å²) in [6.45, 7) is 0. The number of carbonyl (C=O) groups is 1. The lowest BCUT2D eigenvalue weighted by molar-refractivity contribution is 0.1000. The summed E-state index contributed by atoms with van der Waals surface area (Å²) in [7, 11) is 1.58. The van der Waals surface area contributed by atoms with Crippen LogP contribution < -0.4 is 10.5 Å². The van der Waals surface area contributed by atoms with Gasteiger partial charge in [-0.3, -0.25) is 4.79 Å². The van der Waals surface area contributed by atoms with Gasteiger partial charge in [0.05, 0.1) is 15.2 Å². The lowest BCUT2D eigenvalue weighted by Gasteiger charge is -2.06. The Hall–Kier alpha value is -0.300. The number of ether oxygens (including phenoxy) is 1. The molecule has 0 radical (unpaired) electrons. The van der Waals surface area contributed by atoms with Gasteiger partial charge in [-0.2, -0.15) is 0 Å². The van der Waals surface area contributed by atoms with Crippen molar-refractivity contribution in [1.82, 2.24) is 0 Å². The molecular formula is C8H7BrINO2. The van der Waals surface area contributed by atoms with E-state index in [1.54, 1.807) is 19.2 Å². The number of hydrogen-bond donors (Lipinski definition) is 1. The highest BCUT2D eigenvalue weighted by atomic mass is 127. The number of halogens is 2. The monoisotopic (exact) mass is 355 g/mol. The summed E-state index contributed by atoms with van der Waals surface area (Å²) < 4.78 is 6.69. The number of methoxy groups -OCH3 is 1. The predicted molar refractivity (Wildman–Crippen MR) is 61.9 cm³/mol. The van der Waals surface area contributed by atoms with Crippen molar-refractivity contribution < 1.29 is 9.53 Å². The molecule has 0 saturated heterocycles. The smallest absolute Gasteiger partial charge is 0.248 e. The van der Waals surface area contributed by atoms with Crippen LogP contribution in [0.15, 0.2) is 16.6 Å². The van der Waals surface area contributed by atoms with E-state index in [2.05, 4.69) is 38.5 Å². The molecule has 1 rings (SSSR count). The minimum atomic E-state index is -0.443. The van der Waals surface area contributed by atoms with E-state index in [9.17, 15) is 4.79 Å². The van der Waals surface area contributed by atoms with Crippen molar-refractivity contribution in [3.8, 4) is 5.75 Å². The fraction of sp³-hybridized carbons (Fsp3) is 0.125. The van der Waals surface area contributed by atoms with E-state index >= 15 is 0 Å². The number of carbonyl (C=O) groups excluding carboxylic acids is 1. The Labute approximate surface area is 97.9 Å². The van der Waals surface area contributed by atoms with Crippen LogP contribution in [0, 0.1) is 3.57 Å². The molecule has 13 heavy (non-hydrogen) atoms. The Morgan fingerprint density at radius 3 is 2.62 bits per heavy atom. The Morgan fingerprint density at radius 2 is 2.23 bits per heavy atom. The summed E-state index contributed by atoms with van der Waals surface area (Å²) in [4.78, 5) is 10.9. The zero-order chi connectivity index (χ0) is 10.0. The van der Waals surface area contributed by atoms with E-state index < -0.39 is 5.91 Å². The van der Waals surface area contributed by atoms with Crippen LogP contribution in [0.25, 0.3) is 0 Å². The molecule has 0 aliphatic heterocycles. The van der Waals surface area contributed by atoms with Gasteiger partial charge >= 0.3 is 0 Å². The minimum Gasteiger partial charge on any atom is -0.494 e. The topological polar surface area (TPSA) is 52.3 Å².